The van der Waals surface area contributed by atoms with Crippen molar-refractivity contribution < 1.29 is 13.2 Å². The highest BCUT2D eigenvalue weighted by molar-refractivity contribution is 7.92. The Hall–Kier alpha value is -1.07. The maximum atomic E-state index is 12.5. The van der Waals surface area contributed by atoms with Crippen LogP contribution in [0, 0.1) is 0 Å². The highest BCUT2D eigenvalue weighted by Crippen LogP contribution is 2.30. The van der Waals surface area contributed by atoms with E-state index in [9.17, 15) is 8.42 Å². The molecule has 0 bridgehead atoms. The van der Waals surface area contributed by atoms with E-state index in [4.69, 9.17) is 4.74 Å². The molecule has 1 saturated carbocycles. The lowest BCUT2D eigenvalue weighted by Crippen LogP contribution is -2.28. The van der Waals surface area contributed by atoms with Crippen molar-refractivity contribution >= 4 is 9.84 Å². The van der Waals surface area contributed by atoms with Gasteiger partial charge in [-0.3, -0.25) is 0 Å². The minimum Gasteiger partial charge on any atom is -0.497 e. The second-order valence-electron chi connectivity index (χ2n) is 4.91. The van der Waals surface area contributed by atoms with Gasteiger partial charge in [-0.1, -0.05) is 6.92 Å². The fourth-order valence-electron chi connectivity index (χ4n) is 2.65. The Bertz CT molecular complexity index is 510. The standard InChI is InChI=1S/C14H21NO3S/c1-3-15-11-4-7-14(10-11)19(16,17)13-8-5-12(18-2)6-9-13/h5-6,8-9,11,14-15H,3-4,7,10H2,1-2H3. The molecule has 2 rings (SSSR count). The van der Waals surface area contributed by atoms with Crippen LogP contribution in [-0.4, -0.2) is 33.4 Å². The molecule has 0 aromatic heterocycles. The number of benzene rings is 1. The second kappa shape index (κ2) is 5.92. The maximum absolute atomic E-state index is 12.5. The third-order valence-electron chi connectivity index (χ3n) is 3.70. The maximum Gasteiger partial charge on any atom is 0.181 e. The van der Waals surface area contributed by atoms with Crippen LogP contribution < -0.4 is 10.1 Å². The predicted molar refractivity (Wildman–Crippen MR) is 75.3 cm³/mol. The summed E-state index contributed by atoms with van der Waals surface area (Å²) in [4.78, 5) is 0.399. The summed E-state index contributed by atoms with van der Waals surface area (Å²) in [5.41, 5.74) is 0. The van der Waals surface area contributed by atoms with Gasteiger partial charge in [0.25, 0.3) is 0 Å². The van der Waals surface area contributed by atoms with E-state index in [2.05, 4.69) is 5.32 Å². The molecule has 2 unspecified atom stereocenters. The van der Waals surface area contributed by atoms with Crippen molar-refractivity contribution in [3.8, 4) is 5.75 Å². The molecule has 0 aliphatic heterocycles. The van der Waals surface area contributed by atoms with E-state index >= 15 is 0 Å². The van der Waals surface area contributed by atoms with Gasteiger partial charge in [-0.2, -0.15) is 0 Å². The molecule has 4 nitrogen and oxygen atoms in total. The van der Waals surface area contributed by atoms with Crippen LogP contribution in [0.15, 0.2) is 29.2 Å². The van der Waals surface area contributed by atoms with Gasteiger partial charge in [-0.15, -0.1) is 0 Å². The molecule has 0 amide bonds. The summed E-state index contributed by atoms with van der Waals surface area (Å²) in [6, 6.07) is 7.00. The van der Waals surface area contributed by atoms with Gasteiger partial charge in [0.05, 0.1) is 17.3 Å². The van der Waals surface area contributed by atoms with Gasteiger partial charge < -0.3 is 10.1 Å². The lowest BCUT2D eigenvalue weighted by atomic mass is 10.2. The molecule has 106 valence electrons. The summed E-state index contributed by atoms with van der Waals surface area (Å²) in [6.07, 6.45) is 2.39. The molecule has 5 heteroatoms. The van der Waals surface area contributed by atoms with E-state index in [1.807, 2.05) is 6.92 Å². The van der Waals surface area contributed by atoms with Crippen LogP contribution in [-0.2, 0) is 9.84 Å². The number of rotatable bonds is 5. The molecule has 1 aromatic rings. The smallest absolute Gasteiger partial charge is 0.181 e. The fraction of sp³-hybridized carbons (Fsp3) is 0.571. The van der Waals surface area contributed by atoms with Crippen molar-refractivity contribution in [1.82, 2.24) is 5.32 Å². The average molecular weight is 283 g/mol. The summed E-state index contributed by atoms with van der Waals surface area (Å²) in [5.74, 6) is 0.677. The summed E-state index contributed by atoms with van der Waals surface area (Å²) >= 11 is 0. The van der Waals surface area contributed by atoms with Crippen molar-refractivity contribution in [1.29, 1.82) is 0 Å². The van der Waals surface area contributed by atoms with E-state index in [1.54, 1.807) is 31.4 Å². The highest BCUT2D eigenvalue weighted by Gasteiger charge is 2.34. The first-order valence-corrected chi connectivity index (χ1v) is 8.24. The Kier molecular flexibility index (Phi) is 4.47. The normalized spacial score (nSPS) is 23.5. The van der Waals surface area contributed by atoms with Crippen molar-refractivity contribution in [3.05, 3.63) is 24.3 Å². The van der Waals surface area contributed by atoms with E-state index in [-0.39, 0.29) is 5.25 Å². The average Bonchev–Trinajstić information content (AvgIpc) is 2.89. The van der Waals surface area contributed by atoms with Gasteiger partial charge in [0.2, 0.25) is 0 Å². The number of hydrogen-bond acceptors (Lipinski definition) is 4. The summed E-state index contributed by atoms with van der Waals surface area (Å²) in [6.45, 7) is 2.94. The van der Waals surface area contributed by atoms with E-state index in [0.29, 0.717) is 23.1 Å². The summed E-state index contributed by atoms with van der Waals surface area (Å²) < 4.78 is 30.1. The van der Waals surface area contributed by atoms with Crippen LogP contribution in [0.1, 0.15) is 26.2 Å². The first-order chi connectivity index (χ1) is 9.07. The zero-order chi connectivity index (χ0) is 13.9. The largest absolute Gasteiger partial charge is 0.497 e. The van der Waals surface area contributed by atoms with E-state index in [1.165, 1.54) is 0 Å². The van der Waals surface area contributed by atoms with Crippen LogP contribution in [0.4, 0.5) is 0 Å². The molecular weight excluding hydrogens is 262 g/mol. The molecular formula is C14H21NO3S. The molecule has 19 heavy (non-hydrogen) atoms. The Morgan fingerprint density at radius 3 is 2.53 bits per heavy atom. The lowest BCUT2D eigenvalue weighted by Gasteiger charge is -2.13. The Labute approximate surface area is 115 Å². The van der Waals surface area contributed by atoms with Crippen LogP contribution in [0.25, 0.3) is 0 Å². The van der Waals surface area contributed by atoms with Crippen molar-refractivity contribution in [3.63, 3.8) is 0 Å². The monoisotopic (exact) mass is 283 g/mol. The molecule has 1 aromatic carbocycles. The van der Waals surface area contributed by atoms with Crippen LogP contribution >= 0.6 is 0 Å². The van der Waals surface area contributed by atoms with Gasteiger partial charge in [-0.05, 0) is 50.1 Å². The van der Waals surface area contributed by atoms with Crippen LogP contribution in [0.3, 0.4) is 0 Å². The molecule has 2 atom stereocenters. The molecule has 1 aliphatic rings. The highest BCUT2D eigenvalue weighted by atomic mass is 32.2. The second-order valence-corrected chi connectivity index (χ2v) is 7.14. The molecule has 0 saturated heterocycles. The Morgan fingerprint density at radius 1 is 1.26 bits per heavy atom. The van der Waals surface area contributed by atoms with E-state index < -0.39 is 9.84 Å². The van der Waals surface area contributed by atoms with Crippen molar-refractivity contribution in [2.45, 2.75) is 42.4 Å². The quantitative estimate of drug-likeness (QED) is 0.898. The third-order valence-corrected chi connectivity index (χ3v) is 5.94. The van der Waals surface area contributed by atoms with Crippen molar-refractivity contribution in [2.75, 3.05) is 13.7 Å². The molecule has 1 aliphatic carbocycles. The van der Waals surface area contributed by atoms with Gasteiger partial charge in [0.15, 0.2) is 9.84 Å². The molecule has 0 radical (unpaired) electrons. The predicted octanol–water partition coefficient (Wildman–Crippen LogP) is 2.00. The van der Waals surface area contributed by atoms with Gasteiger partial charge in [-0.25, -0.2) is 8.42 Å². The SMILES string of the molecule is CCNC1CCC(S(=O)(=O)c2ccc(OC)cc2)C1. The molecule has 0 spiro atoms. The van der Waals surface area contributed by atoms with Crippen molar-refractivity contribution in [2.24, 2.45) is 0 Å². The van der Waals surface area contributed by atoms with E-state index in [0.717, 1.165) is 19.4 Å². The number of nitrogens with one attached hydrogen (secondary N) is 1. The first-order valence-electron chi connectivity index (χ1n) is 6.69. The van der Waals surface area contributed by atoms with Gasteiger partial charge in [0, 0.05) is 6.04 Å². The zero-order valence-corrected chi connectivity index (χ0v) is 12.2. The van der Waals surface area contributed by atoms with Crippen LogP contribution in [0.5, 0.6) is 5.75 Å². The Balaban J connectivity index is 2.13. The third kappa shape index (κ3) is 3.09. The topological polar surface area (TPSA) is 55.4 Å². The molecule has 1 fully saturated rings. The minimum absolute atomic E-state index is 0.259. The molecule has 1 N–H and O–H groups in total. The zero-order valence-electron chi connectivity index (χ0n) is 11.4. The van der Waals surface area contributed by atoms with Gasteiger partial charge >= 0.3 is 0 Å². The number of hydrogen-bond donors (Lipinski definition) is 1. The summed E-state index contributed by atoms with van der Waals surface area (Å²) in [7, 11) is -1.64. The minimum atomic E-state index is -3.21. The number of ether oxygens (including phenoxy) is 1. The van der Waals surface area contributed by atoms with Crippen LogP contribution in [0.2, 0.25) is 0 Å². The summed E-state index contributed by atoms with van der Waals surface area (Å²) in [5, 5.41) is 3.07. The fourth-order valence-corrected chi connectivity index (χ4v) is 4.49. The van der Waals surface area contributed by atoms with Gasteiger partial charge in [0.1, 0.15) is 5.75 Å². The first kappa shape index (κ1) is 14.3. The Morgan fingerprint density at radius 2 is 1.95 bits per heavy atom. The number of methoxy groups -OCH3 is 1. The number of sulfone groups is 1. The molecule has 0 heterocycles. The lowest BCUT2D eigenvalue weighted by molar-refractivity contribution is 0.414.